The van der Waals surface area contributed by atoms with Crippen LogP contribution in [0, 0.1) is 0 Å². The fraction of sp³-hybridized carbons (Fsp3) is 0.455. The zero-order valence-electron chi connectivity index (χ0n) is 10.0. The van der Waals surface area contributed by atoms with Crippen molar-refractivity contribution >= 4 is 22.0 Å². The number of pyridine rings is 1. The predicted octanol–water partition coefficient (Wildman–Crippen LogP) is 2.74. The number of carbonyl (C=O) groups is 1. The molecule has 2 rings (SSSR count). The minimum Gasteiger partial charge on any atom is -0.465 e. The number of ether oxygens (including phenoxy) is 1. The van der Waals surface area contributed by atoms with Gasteiger partial charge in [0.1, 0.15) is 4.60 Å². The average Bonchev–Trinajstić information content (AvgIpc) is 2.24. The molecule has 1 aromatic rings. The lowest BCUT2D eigenvalue weighted by atomic mass is 10.2. The molecule has 0 spiro atoms. The molecule has 1 N–H and O–H groups in total. The number of aromatic nitrogens is 1. The van der Waals surface area contributed by atoms with E-state index in [1.165, 1.54) is 0 Å². The second kappa shape index (κ2) is 5.57. The van der Waals surface area contributed by atoms with E-state index in [1.807, 2.05) is 0 Å². The molecule has 0 aromatic carbocycles. The molecule has 5 nitrogen and oxygen atoms in total. The number of halogens is 4. The Labute approximate surface area is 120 Å². The van der Waals surface area contributed by atoms with Crippen LogP contribution in [-0.4, -0.2) is 40.3 Å². The lowest BCUT2D eigenvalue weighted by Crippen LogP contribution is -2.54. The first-order valence-electron chi connectivity index (χ1n) is 5.59. The van der Waals surface area contributed by atoms with Gasteiger partial charge in [0.2, 0.25) is 0 Å². The van der Waals surface area contributed by atoms with Gasteiger partial charge in [-0.2, -0.15) is 13.2 Å². The Morgan fingerprint density at radius 3 is 2.70 bits per heavy atom. The van der Waals surface area contributed by atoms with Crippen molar-refractivity contribution in [2.24, 2.45) is 0 Å². The zero-order valence-corrected chi connectivity index (χ0v) is 11.6. The first-order valence-corrected chi connectivity index (χ1v) is 6.38. The van der Waals surface area contributed by atoms with E-state index in [-0.39, 0.29) is 36.1 Å². The number of nitrogens with zero attached hydrogens (tertiary/aromatic N) is 2. The van der Waals surface area contributed by atoms with Crippen molar-refractivity contribution in [3.8, 4) is 0 Å². The quantitative estimate of drug-likeness (QED) is 0.847. The van der Waals surface area contributed by atoms with Crippen LogP contribution in [0.3, 0.4) is 0 Å². The highest BCUT2D eigenvalue weighted by atomic mass is 79.9. The minimum absolute atomic E-state index is 0.0756. The minimum atomic E-state index is -4.45. The molecule has 1 saturated heterocycles. The summed E-state index contributed by atoms with van der Waals surface area (Å²) in [4.78, 5) is 15.6. The Balaban J connectivity index is 1.94. The average molecular weight is 355 g/mol. The van der Waals surface area contributed by atoms with Crippen molar-refractivity contribution < 1.29 is 27.8 Å². The van der Waals surface area contributed by atoms with Crippen LogP contribution in [0.1, 0.15) is 11.3 Å². The normalized spacial score (nSPS) is 16.1. The molecule has 1 fully saturated rings. The van der Waals surface area contributed by atoms with Crippen LogP contribution in [0.25, 0.3) is 0 Å². The Kier molecular flexibility index (Phi) is 4.19. The van der Waals surface area contributed by atoms with Crippen LogP contribution in [0.2, 0.25) is 0 Å². The van der Waals surface area contributed by atoms with Crippen LogP contribution in [0.4, 0.5) is 18.0 Å². The molecule has 110 valence electrons. The summed E-state index contributed by atoms with van der Waals surface area (Å²) in [5.41, 5.74) is -0.667. The van der Waals surface area contributed by atoms with Crippen LogP contribution >= 0.6 is 15.9 Å². The van der Waals surface area contributed by atoms with E-state index >= 15 is 0 Å². The van der Waals surface area contributed by atoms with Gasteiger partial charge in [-0.25, -0.2) is 9.78 Å². The first-order chi connectivity index (χ1) is 9.25. The van der Waals surface area contributed by atoms with Gasteiger partial charge in [0, 0.05) is 0 Å². The molecular formula is C11H10BrF3N2O3. The standard InChI is InChI=1S/C11H10BrF3N2O3/c12-9-2-6(11(13,14)15)1-7(16-9)5-20-8-3-17(4-8)10(18)19/h1-2,8H,3-5H2,(H,18,19). The smallest absolute Gasteiger partial charge is 0.416 e. The maximum Gasteiger partial charge on any atom is 0.416 e. The van der Waals surface area contributed by atoms with Crippen molar-refractivity contribution in [3.05, 3.63) is 28.0 Å². The van der Waals surface area contributed by atoms with E-state index in [0.717, 1.165) is 17.0 Å². The molecular weight excluding hydrogens is 345 g/mol. The maximum atomic E-state index is 12.6. The monoisotopic (exact) mass is 354 g/mol. The number of rotatable bonds is 3. The van der Waals surface area contributed by atoms with Gasteiger partial charge in [0.25, 0.3) is 0 Å². The van der Waals surface area contributed by atoms with Gasteiger partial charge in [-0.05, 0) is 28.1 Å². The summed E-state index contributed by atoms with van der Waals surface area (Å²) < 4.78 is 43.2. The summed E-state index contributed by atoms with van der Waals surface area (Å²) in [6.07, 6.45) is -5.79. The van der Waals surface area contributed by atoms with Crippen LogP contribution in [0.15, 0.2) is 16.7 Å². The van der Waals surface area contributed by atoms with E-state index in [9.17, 15) is 18.0 Å². The summed E-state index contributed by atoms with van der Waals surface area (Å²) in [5, 5.41) is 8.63. The summed E-state index contributed by atoms with van der Waals surface area (Å²) in [7, 11) is 0. The predicted molar refractivity (Wildman–Crippen MR) is 65.1 cm³/mol. The summed E-state index contributed by atoms with van der Waals surface area (Å²) in [5.74, 6) is 0. The Bertz CT molecular complexity index is 518. The van der Waals surface area contributed by atoms with Crippen LogP contribution in [0.5, 0.6) is 0 Å². The number of carboxylic acid groups (broad SMARTS) is 1. The Hall–Kier alpha value is -1.35. The highest BCUT2D eigenvalue weighted by molar-refractivity contribution is 9.10. The van der Waals surface area contributed by atoms with Gasteiger partial charge >= 0.3 is 12.3 Å². The third-order valence-corrected chi connectivity index (χ3v) is 3.17. The van der Waals surface area contributed by atoms with Crippen LogP contribution < -0.4 is 0 Å². The van der Waals surface area contributed by atoms with E-state index < -0.39 is 17.8 Å². The highest BCUT2D eigenvalue weighted by Gasteiger charge is 2.33. The van der Waals surface area contributed by atoms with Gasteiger partial charge in [0.05, 0.1) is 37.1 Å². The Morgan fingerprint density at radius 1 is 1.50 bits per heavy atom. The molecule has 2 heterocycles. The van der Waals surface area contributed by atoms with E-state index in [2.05, 4.69) is 20.9 Å². The molecule has 20 heavy (non-hydrogen) atoms. The number of hydrogen-bond donors (Lipinski definition) is 1. The Morgan fingerprint density at radius 2 is 2.15 bits per heavy atom. The van der Waals surface area contributed by atoms with Crippen LogP contribution in [-0.2, 0) is 17.5 Å². The lowest BCUT2D eigenvalue weighted by molar-refractivity contribution is -0.137. The van der Waals surface area contributed by atoms with E-state index in [0.29, 0.717) is 0 Å². The number of amides is 1. The van der Waals surface area contributed by atoms with Gasteiger partial charge in [-0.3, -0.25) is 0 Å². The van der Waals surface area contributed by atoms with Gasteiger partial charge in [-0.1, -0.05) is 0 Å². The fourth-order valence-electron chi connectivity index (χ4n) is 1.69. The van der Waals surface area contributed by atoms with Crippen molar-refractivity contribution in [1.29, 1.82) is 0 Å². The molecule has 1 aliphatic heterocycles. The highest BCUT2D eigenvalue weighted by Crippen LogP contribution is 2.31. The van der Waals surface area contributed by atoms with Crippen molar-refractivity contribution in [1.82, 2.24) is 9.88 Å². The SMILES string of the molecule is O=C(O)N1CC(OCc2cc(C(F)(F)F)cc(Br)n2)C1. The topological polar surface area (TPSA) is 62.7 Å². The molecule has 9 heteroatoms. The molecule has 0 unspecified atom stereocenters. The lowest BCUT2D eigenvalue weighted by Gasteiger charge is -2.36. The summed E-state index contributed by atoms with van der Waals surface area (Å²) in [6.45, 7) is 0.339. The molecule has 0 aliphatic carbocycles. The van der Waals surface area contributed by atoms with Gasteiger partial charge in [0.15, 0.2) is 0 Å². The van der Waals surface area contributed by atoms with Gasteiger partial charge < -0.3 is 14.7 Å². The first kappa shape index (κ1) is 15.0. The maximum absolute atomic E-state index is 12.6. The molecule has 0 bridgehead atoms. The molecule has 0 atom stereocenters. The fourth-order valence-corrected chi connectivity index (χ4v) is 2.17. The number of hydrogen-bond acceptors (Lipinski definition) is 3. The molecule has 1 aromatic heterocycles. The third-order valence-electron chi connectivity index (χ3n) is 2.76. The molecule has 0 radical (unpaired) electrons. The molecule has 0 saturated carbocycles. The largest absolute Gasteiger partial charge is 0.465 e. The second-order valence-electron chi connectivity index (χ2n) is 4.29. The van der Waals surface area contributed by atoms with E-state index in [1.54, 1.807) is 0 Å². The second-order valence-corrected chi connectivity index (χ2v) is 5.10. The zero-order chi connectivity index (χ0) is 14.9. The summed E-state index contributed by atoms with van der Waals surface area (Å²) in [6, 6.07) is 1.80. The van der Waals surface area contributed by atoms with Crippen molar-refractivity contribution in [2.45, 2.75) is 18.9 Å². The number of likely N-dealkylation sites (tertiary alicyclic amines) is 1. The third kappa shape index (κ3) is 3.60. The number of alkyl halides is 3. The molecule has 1 aliphatic rings. The van der Waals surface area contributed by atoms with Crippen molar-refractivity contribution in [2.75, 3.05) is 13.1 Å². The van der Waals surface area contributed by atoms with E-state index in [4.69, 9.17) is 9.84 Å². The van der Waals surface area contributed by atoms with Gasteiger partial charge in [-0.15, -0.1) is 0 Å². The summed E-state index contributed by atoms with van der Waals surface area (Å²) >= 11 is 2.92. The molecule has 1 amide bonds. The van der Waals surface area contributed by atoms with Crippen molar-refractivity contribution in [3.63, 3.8) is 0 Å².